The quantitative estimate of drug-likeness (QED) is 0.398. The molecule has 0 radical (unpaired) electrons. The highest BCUT2D eigenvalue weighted by Crippen LogP contribution is 2.48. The Labute approximate surface area is 227 Å². The van der Waals surface area contributed by atoms with E-state index in [1.165, 1.54) is 25.7 Å². The average Bonchev–Trinajstić information content (AvgIpc) is 3.28. The molecule has 2 heterocycles. The number of nitrogens with zero attached hydrogens (tertiary/aromatic N) is 2. The van der Waals surface area contributed by atoms with Crippen molar-refractivity contribution in [3.8, 4) is 0 Å². The van der Waals surface area contributed by atoms with Gasteiger partial charge in [0.25, 0.3) is 0 Å². The monoisotopic (exact) mass is 539 g/mol. The minimum Gasteiger partial charge on any atom is -0.343 e. The number of hydrogen-bond donors (Lipinski definition) is 1. The van der Waals surface area contributed by atoms with Crippen molar-refractivity contribution in [3.05, 3.63) is 36.4 Å². The van der Waals surface area contributed by atoms with Gasteiger partial charge in [0.2, 0.25) is 12.3 Å². The molecule has 2 saturated carbocycles. The van der Waals surface area contributed by atoms with E-state index in [1.807, 2.05) is 67.0 Å². The Kier molecular flexibility index (Phi) is 13.6. The molecule has 1 aromatic rings. The van der Waals surface area contributed by atoms with Gasteiger partial charge in [0.15, 0.2) is 0 Å². The molecule has 4 aliphatic rings. The van der Waals surface area contributed by atoms with E-state index < -0.39 is 12.1 Å². The van der Waals surface area contributed by atoms with E-state index in [-0.39, 0.29) is 30.8 Å². The summed E-state index contributed by atoms with van der Waals surface area (Å²) in [7, 11) is 0. The molecule has 4 fully saturated rings. The fraction of sp³-hybridized carbons (Fsp3) is 0.733. The molecule has 0 bridgehead atoms. The van der Waals surface area contributed by atoms with Crippen LogP contribution in [0.2, 0.25) is 0 Å². The Morgan fingerprint density at radius 2 is 1.53 bits per heavy atom. The molecule has 1 N–H and O–H groups in total. The van der Waals surface area contributed by atoms with E-state index >= 15 is 0 Å². The summed E-state index contributed by atoms with van der Waals surface area (Å²) in [5, 5.41) is 3.24. The summed E-state index contributed by atoms with van der Waals surface area (Å²) in [6.07, 6.45) is 6.76. The summed E-state index contributed by atoms with van der Waals surface area (Å²) < 4.78 is 37.1. The number of benzene rings is 1. The van der Waals surface area contributed by atoms with Crippen LogP contribution in [0.15, 0.2) is 36.4 Å². The van der Waals surface area contributed by atoms with Crippen molar-refractivity contribution in [2.24, 2.45) is 5.92 Å². The number of alkyl halides is 3. The highest BCUT2D eigenvalue weighted by atomic mass is 19.4. The topological polar surface area (TPSA) is 52.7 Å². The van der Waals surface area contributed by atoms with Gasteiger partial charge in [-0.05, 0) is 71.1 Å². The van der Waals surface area contributed by atoms with Crippen molar-refractivity contribution in [2.45, 2.75) is 115 Å². The number of hydrogen-bond acceptors (Lipinski definition) is 3. The Morgan fingerprint density at radius 3 is 1.97 bits per heavy atom. The lowest BCUT2D eigenvalue weighted by Gasteiger charge is -2.38. The molecule has 0 aromatic heterocycles. The van der Waals surface area contributed by atoms with E-state index in [2.05, 4.69) is 5.32 Å². The fourth-order valence-electron chi connectivity index (χ4n) is 5.38. The second kappa shape index (κ2) is 16.1. The summed E-state index contributed by atoms with van der Waals surface area (Å²) >= 11 is 0. The molecule has 1 unspecified atom stereocenters. The maximum atomic E-state index is 12.4. The first-order valence-electron chi connectivity index (χ1n) is 14.6. The molecule has 2 aliphatic heterocycles. The summed E-state index contributed by atoms with van der Waals surface area (Å²) in [4.78, 5) is 26.1. The average molecular weight is 540 g/mol. The van der Waals surface area contributed by atoms with Gasteiger partial charge in [-0.2, -0.15) is 13.2 Å². The Bertz CT molecular complexity index is 763. The van der Waals surface area contributed by atoms with Crippen molar-refractivity contribution in [3.63, 3.8) is 0 Å². The highest BCUT2D eigenvalue weighted by Gasteiger charge is 2.50. The third-order valence-electron chi connectivity index (χ3n) is 7.88. The first-order chi connectivity index (χ1) is 18.2. The highest BCUT2D eigenvalue weighted by molar-refractivity contribution is 5.76. The third-order valence-corrected chi connectivity index (χ3v) is 7.88. The zero-order chi connectivity index (χ0) is 28.0. The van der Waals surface area contributed by atoms with Crippen molar-refractivity contribution >= 4 is 12.3 Å². The van der Waals surface area contributed by atoms with Gasteiger partial charge in [-0.3, -0.25) is 9.59 Å². The normalized spacial score (nSPS) is 23.5. The molecular weight excluding hydrogens is 491 g/mol. The van der Waals surface area contributed by atoms with Gasteiger partial charge < -0.3 is 15.1 Å². The van der Waals surface area contributed by atoms with E-state index in [4.69, 9.17) is 0 Å². The summed E-state index contributed by atoms with van der Waals surface area (Å²) in [5.74, 6) is -0.903. The van der Waals surface area contributed by atoms with Crippen LogP contribution in [0.25, 0.3) is 0 Å². The first-order valence-corrected chi connectivity index (χ1v) is 14.6. The molecule has 2 aliphatic carbocycles. The lowest BCUT2D eigenvalue weighted by Crippen LogP contribution is -2.49. The van der Waals surface area contributed by atoms with Gasteiger partial charge in [0.05, 0.1) is 5.92 Å². The van der Waals surface area contributed by atoms with Crippen LogP contribution in [0.1, 0.15) is 91.4 Å². The van der Waals surface area contributed by atoms with Crippen LogP contribution in [-0.4, -0.2) is 65.6 Å². The van der Waals surface area contributed by atoms with E-state index in [0.29, 0.717) is 12.0 Å². The second-order valence-corrected chi connectivity index (χ2v) is 10.7. The van der Waals surface area contributed by atoms with Crippen molar-refractivity contribution in [1.82, 2.24) is 15.1 Å². The maximum Gasteiger partial charge on any atom is 0.391 e. The Morgan fingerprint density at radius 1 is 0.974 bits per heavy atom. The van der Waals surface area contributed by atoms with E-state index in [9.17, 15) is 22.8 Å². The van der Waals surface area contributed by atoms with E-state index in [1.54, 1.807) is 0 Å². The van der Waals surface area contributed by atoms with Crippen LogP contribution in [0.4, 0.5) is 13.2 Å². The Balaban J connectivity index is 0.000000241. The molecule has 5 rings (SSSR count). The molecule has 2 amide bonds. The van der Waals surface area contributed by atoms with Crippen LogP contribution < -0.4 is 5.32 Å². The zero-order valence-corrected chi connectivity index (χ0v) is 23.5. The summed E-state index contributed by atoms with van der Waals surface area (Å²) in [5.41, 5.74) is 0.377. The molecule has 8 heteroatoms. The van der Waals surface area contributed by atoms with Gasteiger partial charge in [-0.25, -0.2) is 0 Å². The fourth-order valence-corrected chi connectivity index (χ4v) is 5.38. The molecule has 38 heavy (non-hydrogen) atoms. The first kappa shape index (κ1) is 32.1. The van der Waals surface area contributed by atoms with Crippen LogP contribution in [-0.2, 0) is 9.59 Å². The SMILES string of the molecule is CC.CC(CCCC(=O)N1CCCC1)NC1CC(C(F)(F)F)C1.O=CN1CCCC12CC2.c1ccccc1. The summed E-state index contributed by atoms with van der Waals surface area (Å²) in [6, 6.07) is 12.2. The second-order valence-electron chi connectivity index (χ2n) is 10.7. The molecule has 1 aromatic carbocycles. The minimum atomic E-state index is -4.04. The smallest absolute Gasteiger partial charge is 0.343 e. The number of amides is 2. The summed E-state index contributed by atoms with van der Waals surface area (Å²) in [6.45, 7) is 8.76. The predicted octanol–water partition coefficient (Wildman–Crippen LogP) is 6.58. The van der Waals surface area contributed by atoms with Crippen molar-refractivity contribution < 1.29 is 22.8 Å². The van der Waals surface area contributed by atoms with Gasteiger partial charge in [0, 0.05) is 43.7 Å². The molecule has 216 valence electrons. The molecule has 1 atom stereocenters. The van der Waals surface area contributed by atoms with Crippen molar-refractivity contribution in [1.29, 1.82) is 0 Å². The maximum absolute atomic E-state index is 12.4. The molecule has 1 spiro atoms. The molecule has 2 saturated heterocycles. The van der Waals surface area contributed by atoms with Crippen LogP contribution >= 0.6 is 0 Å². The Hall–Kier alpha value is -2.09. The lowest BCUT2D eigenvalue weighted by atomic mass is 9.79. The number of nitrogens with one attached hydrogen (secondary N) is 1. The van der Waals surface area contributed by atoms with Crippen LogP contribution in [0.5, 0.6) is 0 Å². The van der Waals surface area contributed by atoms with Gasteiger partial charge in [-0.15, -0.1) is 0 Å². The van der Waals surface area contributed by atoms with Crippen LogP contribution in [0, 0.1) is 5.92 Å². The standard InChI is InChI=1S/C15H25F3N2O.C7H11NO.C6H6.C2H6/c1-11(19-13-9-12(10-13)15(16,17)18)5-4-6-14(21)20-7-2-3-8-20;9-6-8-5-1-2-7(8)3-4-7;1-2-4-6-5-3-1;1-2/h11-13,19H,2-10H2,1H3;6H,1-5H2;1-6H;1-2H3. The number of carbonyl (C=O) groups excluding carboxylic acids is 2. The number of rotatable bonds is 7. The van der Waals surface area contributed by atoms with Gasteiger partial charge in [0.1, 0.15) is 0 Å². The molecular formula is C30H48F3N3O2. The largest absolute Gasteiger partial charge is 0.391 e. The third kappa shape index (κ3) is 10.6. The lowest BCUT2D eigenvalue weighted by molar-refractivity contribution is -0.199. The number of likely N-dealkylation sites (tertiary alicyclic amines) is 2. The zero-order valence-electron chi connectivity index (χ0n) is 23.5. The van der Waals surface area contributed by atoms with Gasteiger partial charge >= 0.3 is 6.18 Å². The molecule has 5 nitrogen and oxygen atoms in total. The minimum absolute atomic E-state index is 0.0130. The van der Waals surface area contributed by atoms with E-state index in [0.717, 1.165) is 51.7 Å². The predicted molar refractivity (Wildman–Crippen MR) is 147 cm³/mol. The van der Waals surface area contributed by atoms with Crippen LogP contribution in [0.3, 0.4) is 0 Å². The number of carbonyl (C=O) groups is 2. The van der Waals surface area contributed by atoms with Gasteiger partial charge in [-0.1, -0.05) is 50.2 Å². The number of halogens is 3. The van der Waals surface area contributed by atoms with Crippen molar-refractivity contribution in [2.75, 3.05) is 19.6 Å².